The minimum atomic E-state index is -1.23. The first-order chi connectivity index (χ1) is 18.4. The van der Waals surface area contributed by atoms with Gasteiger partial charge in [-0.3, -0.25) is 20.2 Å². The van der Waals surface area contributed by atoms with Crippen molar-refractivity contribution in [3.63, 3.8) is 0 Å². The highest BCUT2D eigenvalue weighted by Gasteiger charge is 2.22. The molecule has 0 saturated carbocycles. The number of ether oxygens (including phenoxy) is 1. The molecular weight excluding hydrogens is 486 g/mol. The maximum absolute atomic E-state index is 12.3. The Labute approximate surface area is 220 Å². The molecule has 1 saturated heterocycles. The molecule has 9 heteroatoms. The van der Waals surface area contributed by atoms with E-state index < -0.39 is 18.0 Å². The number of hydroxylamine groups is 2. The normalized spacial score (nSPS) is 14.4. The van der Waals surface area contributed by atoms with E-state index in [-0.39, 0.29) is 19.1 Å². The lowest BCUT2D eigenvalue weighted by atomic mass is 9.96. The van der Waals surface area contributed by atoms with E-state index in [2.05, 4.69) is 10.2 Å². The van der Waals surface area contributed by atoms with Gasteiger partial charge in [-0.15, -0.1) is 0 Å². The lowest BCUT2D eigenvalue weighted by Crippen LogP contribution is -2.39. The topological polar surface area (TPSA) is 119 Å². The highest BCUT2D eigenvalue weighted by atomic mass is 16.5. The molecule has 0 aliphatic carbocycles. The SMILES string of the molecule is O=C(O)C=CC(=O)N(O)CC1CCN(Cc2ccc(COC(=O)Nc3cccc4ccccc34)cc2)CC1. The largest absolute Gasteiger partial charge is 0.478 e. The van der Waals surface area contributed by atoms with Crippen LogP contribution in [-0.4, -0.2) is 57.9 Å². The Bertz CT molecular complexity index is 1290. The van der Waals surface area contributed by atoms with E-state index in [4.69, 9.17) is 9.84 Å². The van der Waals surface area contributed by atoms with E-state index in [0.717, 1.165) is 60.5 Å². The third-order valence-electron chi connectivity index (χ3n) is 6.59. The van der Waals surface area contributed by atoms with Crippen molar-refractivity contribution in [2.24, 2.45) is 5.92 Å². The number of carboxylic acid groups (broad SMARTS) is 1. The molecule has 0 spiro atoms. The van der Waals surface area contributed by atoms with Crippen molar-refractivity contribution in [1.29, 1.82) is 0 Å². The number of amides is 2. The van der Waals surface area contributed by atoms with Crippen LogP contribution in [0.1, 0.15) is 24.0 Å². The molecule has 198 valence electrons. The predicted molar refractivity (Wildman–Crippen MR) is 142 cm³/mol. The van der Waals surface area contributed by atoms with Crippen molar-refractivity contribution in [2.75, 3.05) is 25.0 Å². The summed E-state index contributed by atoms with van der Waals surface area (Å²) in [6.07, 6.45) is 2.71. The molecule has 1 fully saturated rings. The van der Waals surface area contributed by atoms with Crippen LogP contribution in [0.15, 0.2) is 78.9 Å². The zero-order valence-corrected chi connectivity index (χ0v) is 21.0. The Hall–Kier alpha value is -4.21. The fourth-order valence-electron chi connectivity index (χ4n) is 4.52. The van der Waals surface area contributed by atoms with Crippen molar-refractivity contribution in [2.45, 2.75) is 26.0 Å². The third kappa shape index (κ3) is 7.64. The lowest BCUT2D eigenvalue weighted by molar-refractivity contribution is -0.163. The first-order valence-electron chi connectivity index (χ1n) is 12.5. The Kier molecular flexibility index (Phi) is 9.07. The summed E-state index contributed by atoms with van der Waals surface area (Å²) in [6.45, 7) is 2.78. The van der Waals surface area contributed by atoms with Gasteiger partial charge in [0.25, 0.3) is 5.91 Å². The molecule has 0 radical (unpaired) electrons. The molecule has 3 aromatic rings. The second-order valence-electron chi connectivity index (χ2n) is 9.36. The van der Waals surface area contributed by atoms with Gasteiger partial charge >= 0.3 is 12.1 Å². The van der Waals surface area contributed by atoms with Gasteiger partial charge in [0.1, 0.15) is 6.61 Å². The molecule has 4 rings (SSSR count). The average Bonchev–Trinajstić information content (AvgIpc) is 2.92. The van der Waals surface area contributed by atoms with Gasteiger partial charge in [-0.05, 0) is 54.4 Å². The number of rotatable bonds is 9. The van der Waals surface area contributed by atoms with E-state index in [9.17, 15) is 19.6 Å². The van der Waals surface area contributed by atoms with Crippen LogP contribution >= 0.6 is 0 Å². The van der Waals surface area contributed by atoms with Crippen LogP contribution in [0.2, 0.25) is 0 Å². The highest BCUT2D eigenvalue weighted by Crippen LogP contribution is 2.23. The van der Waals surface area contributed by atoms with Crippen LogP contribution in [0, 0.1) is 5.92 Å². The molecule has 0 bridgehead atoms. The molecule has 0 unspecified atom stereocenters. The number of carbonyl (C=O) groups is 3. The number of aliphatic carboxylic acids is 1. The summed E-state index contributed by atoms with van der Waals surface area (Å²) < 4.78 is 5.42. The number of nitrogens with zero attached hydrogens (tertiary/aromatic N) is 2. The highest BCUT2D eigenvalue weighted by molar-refractivity contribution is 6.00. The van der Waals surface area contributed by atoms with Crippen LogP contribution in [-0.2, 0) is 27.5 Å². The van der Waals surface area contributed by atoms with Crippen molar-refractivity contribution in [3.05, 3.63) is 90.0 Å². The van der Waals surface area contributed by atoms with Crippen LogP contribution in [0.4, 0.5) is 10.5 Å². The Morgan fingerprint density at radius 2 is 1.63 bits per heavy atom. The standard InChI is InChI=1S/C29H31N3O6/c33-27(12-13-28(34)35)32(37)19-22-14-16-31(17-15-22)18-21-8-10-23(11-9-21)20-38-29(36)30-26-7-3-5-24-4-1-2-6-25(24)26/h1-13,22,37H,14-20H2,(H,30,36)(H,34,35). The van der Waals surface area contributed by atoms with Crippen LogP contribution in [0.25, 0.3) is 10.8 Å². The number of hydrogen-bond acceptors (Lipinski definition) is 6. The van der Waals surface area contributed by atoms with Crippen molar-refractivity contribution < 1.29 is 29.4 Å². The molecular formula is C29H31N3O6. The molecule has 1 heterocycles. The van der Waals surface area contributed by atoms with E-state index in [1.54, 1.807) is 0 Å². The number of likely N-dealkylation sites (tertiary alicyclic amines) is 1. The first-order valence-corrected chi connectivity index (χ1v) is 12.5. The Morgan fingerprint density at radius 3 is 2.37 bits per heavy atom. The van der Waals surface area contributed by atoms with Crippen molar-refractivity contribution >= 4 is 34.4 Å². The summed E-state index contributed by atoms with van der Waals surface area (Å²) >= 11 is 0. The Balaban J connectivity index is 1.19. The number of carbonyl (C=O) groups excluding carboxylic acids is 2. The predicted octanol–water partition coefficient (Wildman–Crippen LogP) is 4.66. The number of benzene rings is 3. The van der Waals surface area contributed by atoms with E-state index in [1.165, 1.54) is 0 Å². The minimum Gasteiger partial charge on any atom is -0.478 e. The van der Waals surface area contributed by atoms with Gasteiger partial charge in [-0.1, -0.05) is 60.7 Å². The number of carboxylic acids is 1. The lowest BCUT2D eigenvalue weighted by Gasteiger charge is -2.33. The van der Waals surface area contributed by atoms with E-state index >= 15 is 0 Å². The van der Waals surface area contributed by atoms with Gasteiger partial charge in [0.2, 0.25) is 0 Å². The van der Waals surface area contributed by atoms with Gasteiger partial charge in [-0.2, -0.15) is 0 Å². The van der Waals surface area contributed by atoms with Crippen molar-refractivity contribution in [1.82, 2.24) is 9.96 Å². The number of hydrogen-bond donors (Lipinski definition) is 3. The number of piperidine rings is 1. The molecule has 0 aromatic heterocycles. The molecule has 3 N–H and O–H groups in total. The fraction of sp³-hybridized carbons (Fsp3) is 0.276. The molecule has 1 aliphatic heterocycles. The van der Waals surface area contributed by atoms with Crippen LogP contribution in [0.3, 0.4) is 0 Å². The third-order valence-corrected chi connectivity index (χ3v) is 6.59. The van der Waals surface area contributed by atoms with E-state index in [0.29, 0.717) is 16.8 Å². The smallest absolute Gasteiger partial charge is 0.411 e. The fourth-order valence-corrected chi connectivity index (χ4v) is 4.52. The van der Waals surface area contributed by atoms with Crippen LogP contribution in [0.5, 0.6) is 0 Å². The second kappa shape index (κ2) is 12.8. The average molecular weight is 518 g/mol. The van der Waals surface area contributed by atoms with Gasteiger partial charge in [-0.25, -0.2) is 14.7 Å². The monoisotopic (exact) mass is 517 g/mol. The maximum atomic E-state index is 12.3. The van der Waals surface area contributed by atoms with Gasteiger partial charge in [0, 0.05) is 24.1 Å². The molecule has 0 atom stereocenters. The molecule has 2 amide bonds. The molecule has 38 heavy (non-hydrogen) atoms. The maximum Gasteiger partial charge on any atom is 0.411 e. The Morgan fingerprint density at radius 1 is 0.947 bits per heavy atom. The zero-order chi connectivity index (χ0) is 26.9. The summed E-state index contributed by atoms with van der Waals surface area (Å²) in [6, 6.07) is 21.5. The summed E-state index contributed by atoms with van der Waals surface area (Å²) in [5.74, 6) is -1.81. The number of nitrogens with one attached hydrogen (secondary N) is 1. The quantitative estimate of drug-likeness (QED) is 0.215. The number of fused-ring (bicyclic) bond motifs is 1. The summed E-state index contributed by atoms with van der Waals surface area (Å²) in [5.41, 5.74) is 2.75. The summed E-state index contributed by atoms with van der Waals surface area (Å²) in [5, 5.41) is 23.9. The number of anilines is 1. The molecule has 1 aliphatic rings. The summed E-state index contributed by atoms with van der Waals surface area (Å²) in [4.78, 5) is 36.9. The molecule has 9 nitrogen and oxygen atoms in total. The van der Waals surface area contributed by atoms with E-state index in [1.807, 2.05) is 66.7 Å². The first kappa shape index (κ1) is 26.8. The molecule has 3 aromatic carbocycles. The summed E-state index contributed by atoms with van der Waals surface area (Å²) in [7, 11) is 0. The zero-order valence-electron chi connectivity index (χ0n) is 21.0. The second-order valence-corrected chi connectivity index (χ2v) is 9.36. The van der Waals surface area contributed by atoms with Crippen LogP contribution < -0.4 is 5.32 Å². The van der Waals surface area contributed by atoms with Gasteiger partial charge in [0.05, 0.1) is 12.2 Å². The minimum absolute atomic E-state index is 0.151. The van der Waals surface area contributed by atoms with Gasteiger partial charge < -0.3 is 9.84 Å². The van der Waals surface area contributed by atoms with Gasteiger partial charge in [0.15, 0.2) is 0 Å². The van der Waals surface area contributed by atoms with Crippen molar-refractivity contribution in [3.8, 4) is 0 Å².